The molecule has 1 saturated heterocycles. The minimum absolute atomic E-state index is 0.0356. The summed E-state index contributed by atoms with van der Waals surface area (Å²) >= 11 is 4.46. The molecule has 0 bridgehead atoms. The van der Waals surface area contributed by atoms with Gasteiger partial charge < -0.3 is 5.32 Å². The maximum Gasteiger partial charge on any atom is 0.233 e. The molecule has 0 spiro atoms. The van der Waals surface area contributed by atoms with Crippen LogP contribution in [0.3, 0.4) is 0 Å². The van der Waals surface area contributed by atoms with Crippen molar-refractivity contribution in [1.29, 1.82) is 0 Å². The van der Waals surface area contributed by atoms with Crippen LogP contribution in [-0.2, 0) is 20.4 Å². The van der Waals surface area contributed by atoms with E-state index in [-0.39, 0.29) is 28.7 Å². The number of benzene rings is 1. The van der Waals surface area contributed by atoms with E-state index in [2.05, 4.69) is 53.6 Å². The highest BCUT2D eigenvalue weighted by molar-refractivity contribution is 8.03. The lowest BCUT2D eigenvalue weighted by Gasteiger charge is -2.14. The molecule has 1 aliphatic rings. The number of amides is 1. The van der Waals surface area contributed by atoms with Crippen molar-refractivity contribution in [2.24, 2.45) is 0 Å². The summed E-state index contributed by atoms with van der Waals surface area (Å²) in [5.74, 6) is 1.37. The monoisotopic (exact) mass is 471 g/mol. The fourth-order valence-corrected chi connectivity index (χ4v) is 7.68. The van der Waals surface area contributed by atoms with Crippen molar-refractivity contribution in [1.82, 2.24) is 15.5 Å². The lowest BCUT2D eigenvalue weighted by atomic mass is 10.0. The lowest BCUT2D eigenvalue weighted by Crippen LogP contribution is -2.39. The molecule has 2 atom stereocenters. The number of hydrogen-bond acceptors (Lipinski definition) is 8. The van der Waals surface area contributed by atoms with E-state index in [0.717, 1.165) is 14.4 Å². The van der Waals surface area contributed by atoms with Crippen molar-refractivity contribution < 1.29 is 13.2 Å². The van der Waals surface area contributed by atoms with Crippen molar-refractivity contribution >= 4 is 50.6 Å². The quantitative estimate of drug-likeness (QED) is 0.587. The molecule has 1 aromatic heterocycles. The largest absolute Gasteiger partial charge is 0.351 e. The van der Waals surface area contributed by atoms with Crippen molar-refractivity contribution in [2.45, 2.75) is 58.8 Å². The first-order valence-electron chi connectivity index (χ1n) is 9.44. The fourth-order valence-electron chi connectivity index (χ4n) is 2.88. The van der Waals surface area contributed by atoms with Crippen molar-refractivity contribution in [3.63, 3.8) is 0 Å². The standard InChI is InChI=1S/C19H25N3O3S4/c1-12(2)15-6-4-14(5-7-15)10-26-18-21-22-19(28-18)27-13(3)17(23)20-16-8-9-29(24,25)11-16/h4-7,12-13,16H,8-11H2,1-3H3,(H,20,23). The maximum atomic E-state index is 12.3. The van der Waals surface area contributed by atoms with Gasteiger partial charge in [-0.25, -0.2) is 8.42 Å². The molecule has 2 heterocycles. The Morgan fingerprint density at radius 3 is 2.52 bits per heavy atom. The van der Waals surface area contributed by atoms with Crippen LogP contribution in [0.2, 0.25) is 0 Å². The number of nitrogens with one attached hydrogen (secondary N) is 1. The zero-order valence-electron chi connectivity index (χ0n) is 16.6. The Morgan fingerprint density at radius 2 is 1.90 bits per heavy atom. The molecule has 1 N–H and O–H groups in total. The molecule has 3 rings (SSSR count). The average molecular weight is 472 g/mol. The molecule has 1 aliphatic heterocycles. The number of rotatable bonds is 8. The summed E-state index contributed by atoms with van der Waals surface area (Å²) in [5.41, 5.74) is 2.57. The van der Waals surface area contributed by atoms with Gasteiger partial charge in [-0.15, -0.1) is 10.2 Å². The first-order chi connectivity index (χ1) is 13.7. The lowest BCUT2D eigenvalue weighted by molar-refractivity contribution is -0.120. The van der Waals surface area contributed by atoms with Gasteiger partial charge in [0.05, 0.1) is 16.8 Å². The SMILES string of the molecule is CC(Sc1nnc(SCc2ccc(C(C)C)cc2)s1)C(=O)NC1CCS(=O)(=O)C1. The zero-order valence-corrected chi connectivity index (χ0v) is 19.9. The molecule has 2 aromatic rings. The second-order valence-corrected chi connectivity index (χ2v) is 13.4. The van der Waals surface area contributed by atoms with Gasteiger partial charge in [0.25, 0.3) is 0 Å². The van der Waals surface area contributed by atoms with E-state index in [0.29, 0.717) is 12.3 Å². The van der Waals surface area contributed by atoms with E-state index >= 15 is 0 Å². The number of nitrogens with zero attached hydrogens (tertiary/aromatic N) is 2. The number of sulfone groups is 1. The number of thioether (sulfide) groups is 2. The minimum Gasteiger partial charge on any atom is -0.351 e. The van der Waals surface area contributed by atoms with Gasteiger partial charge in [0.2, 0.25) is 5.91 Å². The molecule has 0 saturated carbocycles. The second kappa shape index (κ2) is 9.80. The van der Waals surface area contributed by atoms with Gasteiger partial charge in [-0.05, 0) is 30.4 Å². The van der Waals surface area contributed by atoms with Crippen LogP contribution in [0.5, 0.6) is 0 Å². The molecular weight excluding hydrogens is 446 g/mol. The highest BCUT2D eigenvalue weighted by Gasteiger charge is 2.30. The van der Waals surface area contributed by atoms with Crippen LogP contribution in [0, 0.1) is 0 Å². The summed E-state index contributed by atoms with van der Waals surface area (Å²) in [6.07, 6.45) is 0.489. The van der Waals surface area contributed by atoms with Crippen molar-refractivity contribution in [3.8, 4) is 0 Å². The summed E-state index contributed by atoms with van der Waals surface area (Å²) in [4.78, 5) is 12.3. The Bertz CT molecular complexity index is 942. The summed E-state index contributed by atoms with van der Waals surface area (Å²) < 4.78 is 24.7. The van der Waals surface area contributed by atoms with E-state index in [1.165, 1.54) is 34.2 Å². The molecule has 1 fully saturated rings. The summed E-state index contributed by atoms with van der Waals surface area (Å²) in [7, 11) is -3.00. The predicted octanol–water partition coefficient (Wildman–Crippen LogP) is 3.74. The minimum atomic E-state index is -3.00. The third-order valence-electron chi connectivity index (χ3n) is 4.62. The highest BCUT2D eigenvalue weighted by atomic mass is 32.2. The molecule has 0 radical (unpaired) electrons. The van der Waals surface area contributed by atoms with Gasteiger partial charge in [0.15, 0.2) is 18.5 Å². The number of aromatic nitrogens is 2. The molecule has 2 unspecified atom stereocenters. The normalized spacial score (nSPS) is 19.4. The van der Waals surface area contributed by atoms with Gasteiger partial charge >= 0.3 is 0 Å². The van der Waals surface area contributed by atoms with Crippen LogP contribution in [-0.4, -0.2) is 47.3 Å². The van der Waals surface area contributed by atoms with E-state index in [9.17, 15) is 13.2 Å². The van der Waals surface area contributed by atoms with Crippen LogP contribution in [0.1, 0.15) is 44.2 Å². The zero-order chi connectivity index (χ0) is 21.0. The second-order valence-electron chi connectivity index (χ2n) is 7.39. The number of hydrogen-bond donors (Lipinski definition) is 1. The molecule has 1 aromatic carbocycles. The molecular formula is C19H25N3O3S4. The molecule has 0 aliphatic carbocycles. The smallest absolute Gasteiger partial charge is 0.233 e. The third-order valence-corrected chi connectivity index (χ3v) is 9.70. The number of carbonyl (C=O) groups excluding carboxylic acids is 1. The topological polar surface area (TPSA) is 89.0 Å². The molecule has 158 valence electrons. The Hall–Kier alpha value is -1.10. The third kappa shape index (κ3) is 6.70. The highest BCUT2D eigenvalue weighted by Crippen LogP contribution is 2.33. The van der Waals surface area contributed by atoms with Gasteiger partial charge in [0.1, 0.15) is 0 Å². The van der Waals surface area contributed by atoms with Gasteiger partial charge in [0, 0.05) is 11.8 Å². The Balaban J connectivity index is 1.47. The van der Waals surface area contributed by atoms with Crippen molar-refractivity contribution in [3.05, 3.63) is 35.4 Å². The van der Waals surface area contributed by atoms with Gasteiger partial charge in [-0.1, -0.05) is 73.0 Å². The average Bonchev–Trinajstić information content (AvgIpc) is 3.25. The van der Waals surface area contributed by atoms with Crippen LogP contribution in [0.4, 0.5) is 0 Å². The Kier molecular flexibility index (Phi) is 7.63. The number of carbonyl (C=O) groups is 1. The van der Waals surface area contributed by atoms with E-state index < -0.39 is 9.84 Å². The van der Waals surface area contributed by atoms with Crippen LogP contribution < -0.4 is 5.32 Å². The van der Waals surface area contributed by atoms with Crippen molar-refractivity contribution in [2.75, 3.05) is 11.5 Å². The Labute approximate surface area is 184 Å². The molecule has 6 nitrogen and oxygen atoms in total. The van der Waals surface area contributed by atoms with Gasteiger partial charge in [-0.3, -0.25) is 4.79 Å². The van der Waals surface area contributed by atoms with Crippen LogP contribution in [0.15, 0.2) is 32.9 Å². The summed E-state index contributed by atoms with van der Waals surface area (Å²) in [5, 5.41) is 10.9. The molecule has 10 heteroatoms. The molecule has 1 amide bonds. The maximum absolute atomic E-state index is 12.3. The van der Waals surface area contributed by atoms with Crippen LogP contribution >= 0.6 is 34.9 Å². The van der Waals surface area contributed by atoms with E-state index in [1.807, 2.05) is 0 Å². The summed E-state index contributed by atoms with van der Waals surface area (Å²) in [6.45, 7) is 6.16. The van der Waals surface area contributed by atoms with Crippen LogP contribution in [0.25, 0.3) is 0 Å². The predicted molar refractivity (Wildman–Crippen MR) is 121 cm³/mol. The van der Waals surface area contributed by atoms with Gasteiger partial charge in [-0.2, -0.15) is 0 Å². The Morgan fingerprint density at radius 1 is 1.21 bits per heavy atom. The first kappa shape index (κ1) is 22.6. The first-order valence-corrected chi connectivity index (χ1v) is 13.9. The summed E-state index contributed by atoms with van der Waals surface area (Å²) in [6, 6.07) is 8.34. The van der Waals surface area contributed by atoms with E-state index in [4.69, 9.17) is 0 Å². The molecule has 29 heavy (non-hydrogen) atoms. The van der Waals surface area contributed by atoms with E-state index in [1.54, 1.807) is 18.7 Å². The fraction of sp³-hybridized carbons (Fsp3) is 0.526.